The number of carbonyl (C=O) groups is 1. The standard InChI is InChI=1S/C14H13ClN4O/c15-9-13(16)18-10-4-3-5-11(8-10)19-14(20)12-6-1-2-7-17-12/h1-8H,9H2,(H2,16,18)(H,19,20). The molecule has 1 aromatic heterocycles. The molecule has 0 atom stereocenters. The van der Waals surface area contributed by atoms with E-state index < -0.39 is 0 Å². The lowest BCUT2D eigenvalue weighted by atomic mass is 10.2. The number of hydrogen-bond donors (Lipinski definition) is 2. The molecule has 0 fully saturated rings. The number of carbonyl (C=O) groups excluding carboxylic acids is 1. The highest BCUT2D eigenvalue weighted by Crippen LogP contribution is 2.18. The second-order valence-corrected chi connectivity index (χ2v) is 4.22. The molecule has 6 heteroatoms. The van der Waals surface area contributed by atoms with Crippen molar-refractivity contribution in [3.05, 3.63) is 54.4 Å². The van der Waals surface area contributed by atoms with Gasteiger partial charge in [0.2, 0.25) is 0 Å². The van der Waals surface area contributed by atoms with Crippen LogP contribution in [0.15, 0.2) is 53.7 Å². The lowest BCUT2D eigenvalue weighted by Crippen LogP contribution is -2.13. The first-order valence-corrected chi connectivity index (χ1v) is 6.44. The van der Waals surface area contributed by atoms with Gasteiger partial charge in [0, 0.05) is 11.9 Å². The molecule has 0 aliphatic carbocycles. The molecule has 2 rings (SSSR count). The van der Waals surface area contributed by atoms with Crippen LogP contribution < -0.4 is 11.1 Å². The normalized spacial score (nSPS) is 11.2. The molecule has 0 radical (unpaired) electrons. The second-order valence-electron chi connectivity index (χ2n) is 3.96. The van der Waals surface area contributed by atoms with Crippen LogP contribution in [0.2, 0.25) is 0 Å². The number of pyridine rings is 1. The van der Waals surface area contributed by atoms with E-state index in [0.29, 0.717) is 22.9 Å². The lowest BCUT2D eigenvalue weighted by molar-refractivity contribution is 0.102. The highest BCUT2D eigenvalue weighted by Gasteiger charge is 2.06. The van der Waals surface area contributed by atoms with Crippen molar-refractivity contribution in [3.63, 3.8) is 0 Å². The van der Waals surface area contributed by atoms with E-state index in [-0.39, 0.29) is 11.8 Å². The first-order chi connectivity index (χ1) is 9.69. The summed E-state index contributed by atoms with van der Waals surface area (Å²) in [6, 6.07) is 12.2. The largest absolute Gasteiger partial charge is 0.386 e. The smallest absolute Gasteiger partial charge is 0.274 e. The number of nitrogens with two attached hydrogens (primary N) is 1. The van der Waals surface area contributed by atoms with Crippen molar-refractivity contribution >= 4 is 34.7 Å². The van der Waals surface area contributed by atoms with Gasteiger partial charge < -0.3 is 11.1 Å². The van der Waals surface area contributed by atoms with Gasteiger partial charge in [-0.3, -0.25) is 9.78 Å². The van der Waals surface area contributed by atoms with Crippen molar-refractivity contribution in [1.29, 1.82) is 0 Å². The van der Waals surface area contributed by atoms with Gasteiger partial charge in [-0.25, -0.2) is 4.99 Å². The molecule has 5 nitrogen and oxygen atoms in total. The Morgan fingerprint density at radius 1 is 1.30 bits per heavy atom. The quantitative estimate of drug-likeness (QED) is 0.515. The first kappa shape index (κ1) is 14.0. The number of anilines is 1. The number of benzene rings is 1. The van der Waals surface area contributed by atoms with Crippen molar-refractivity contribution in [2.75, 3.05) is 11.2 Å². The lowest BCUT2D eigenvalue weighted by Gasteiger charge is -2.05. The zero-order valence-electron chi connectivity index (χ0n) is 10.6. The molecule has 0 spiro atoms. The highest BCUT2D eigenvalue weighted by atomic mass is 35.5. The molecule has 2 aromatic rings. The summed E-state index contributed by atoms with van der Waals surface area (Å²) in [5, 5.41) is 2.75. The molecule has 1 amide bonds. The van der Waals surface area contributed by atoms with E-state index in [0.717, 1.165) is 0 Å². The fourth-order valence-electron chi connectivity index (χ4n) is 1.54. The Balaban J connectivity index is 2.14. The first-order valence-electron chi connectivity index (χ1n) is 5.90. The van der Waals surface area contributed by atoms with E-state index >= 15 is 0 Å². The molecule has 0 saturated carbocycles. The second kappa shape index (κ2) is 6.68. The van der Waals surface area contributed by atoms with E-state index in [2.05, 4.69) is 15.3 Å². The van der Waals surface area contributed by atoms with Crippen LogP contribution in [0, 0.1) is 0 Å². The van der Waals surface area contributed by atoms with Gasteiger partial charge in [0.25, 0.3) is 5.91 Å². The Labute approximate surface area is 121 Å². The number of nitrogens with one attached hydrogen (secondary N) is 1. The third-order valence-corrected chi connectivity index (χ3v) is 2.69. The number of amidine groups is 1. The monoisotopic (exact) mass is 288 g/mol. The topological polar surface area (TPSA) is 80.4 Å². The molecule has 0 unspecified atom stereocenters. The van der Waals surface area contributed by atoms with E-state index in [9.17, 15) is 4.79 Å². The van der Waals surface area contributed by atoms with Crippen LogP contribution in [-0.2, 0) is 0 Å². The van der Waals surface area contributed by atoms with Crippen LogP contribution in [0.5, 0.6) is 0 Å². The molecule has 1 aromatic carbocycles. The number of hydrogen-bond acceptors (Lipinski definition) is 3. The van der Waals surface area contributed by atoms with E-state index in [4.69, 9.17) is 17.3 Å². The van der Waals surface area contributed by atoms with Gasteiger partial charge in [-0.05, 0) is 30.3 Å². The number of aromatic nitrogens is 1. The molecule has 0 saturated heterocycles. The zero-order chi connectivity index (χ0) is 14.4. The van der Waals surface area contributed by atoms with Crippen molar-refractivity contribution in [2.24, 2.45) is 10.7 Å². The summed E-state index contributed by atoms with van der Waals surface area (Å²) in [7, 11) is 0. The van der Waals surface area contributed by atoms with Crippen LogP contribution in [-0.4, -0.2) is 22.6 Å². The summed E-state index contributed by atoms with van der Waals surface area (Å²) in [4.78, 5) is 20.0. The molecule has 0 aliphatic rings. The predicted octanol–water partition coefficient (Wildman–Crippen LogP) is 2.56. The van der Waals surface area contributed by atoms with Crippen molar-refractivity contribution in [1.82, 2.24) is 4.98 Å². The Morgan fingerprint density at radius 2 is 2.15 bits per heavy atom. The SMILES string of the molecule is NC(CCl)=Nc1cccc(NC(=O)c2ccccn2)c1. The van der Waals surface area contributed by atoms with Gasteiger partial charge in [0.05, 0.1) is 11.6 Å². The summed E-state index contributed by atoms with van der Waals surface area (Å²) in [6.45, 7) is 0. The van der Waals surface area contributed by atoms with E-state index in [1.165, 1.54) is 0 Å². The third-order valence-electron chi connectivity index (χ3n) is 2.41. The van der Waals surface area contributed by atoms with Crippen molar-refractivity contribution < 1.29 is 4.79 Å². The predicted molar refractivity (Wildman–Crippen MR) is 80.6 cm³/mol. The number of alkyl halides is 1. The Hall–Kier alpha value is -2.40. The molecular formula is C14H13ClN4O. The zero-order valence-corrected chi connectivity index (χ0v) is 11.3. The minimum atomic E-state index is -0.281. The summed E-state index contributed by atoms with van der Waals surface area (Å²) in [5.74, 6) is 0.196. The van der Waals surface area contributed by atoms with Gasteiger partial charge in [-0.2, -0.15) is 0 Å². The molecule has 0 aliphatic heterocycles. The summed E-state index contributed by atoms with van der Waals surface area (Å²) in [6.07, 6.45) is 1.57. The summed E-state index contributed by atoms with van der Waals surface area (Å²) in [5.41, 5.74) is 7.16. The van der Waals surface area contributed by atoms with Crippen LogP contribution in [0.3, 0.4) is 0 Å². The van der Waals surface area contributed by atoms with Gasteiger partial charge in [0.15, 0.2) is 0 Å². The van der Waals surface area contributed by atoms with Gasteiger partial charge in [0.1, 0.15) is 11.5 Å². The Morgan fingerprint density at radius 3 is 2.85 bits per heavy atom. The summed E-state index contributed by atoms with van der Waals surface area (Å²) >= 11 is 5.57. The maximum absolute atomic E-state index is 11.9. The minimum absolute atomic E-state index is 0.157. The van der Waals surface area contributed by atoms with E-state index in [1.807, 2.05) is 0 Å². The number of amides is 1. The molecule has 0 bridgehead atoms. The van der Waals surface area contributed by atoms with Crippen molar-refractivity contribution in [3.8, 4) is 0 Å². The van der Waals surface area contributed by atoms with Gasteiger partial charge in [-0.15, -0.1) is 11.6 Å². The van der Waals surface area contributed by atoms with Crippen molar-refractivity contribution in [2.45, 2.75) is 0 Å². The number of nitrogens with zero attached hydrogens (tertiary/aromatic N) is 2. The van der Waals surface area contributed by atoms with Gasteiger partial charge >= 0.3 is 0 Å². The number of rotatable bonds is 4. The maximum atomic E-state index is 11.9. The molecule has 3 N–H and O–H groups in total. The van der Waals surface area contributed by atoms with E-state index in [1.54, 1.807) is 48.7 Å². The average Bonchev–Trinajstić information content (AvgIpc) is 2.48. The fourth-order valence-corrected chi connectivity index (χ4v) is 1.60. The highest BCUT2D eigenvalue weighted by molar-refractivity contribution is 6.28. The number of halogens is 1. The van der Waals surface area contributed by atoms with Crippen LogP contribution >= 0.6 is 11.6 Å². The maximum Gasteiger partial charge on any atom is 0.274 e. The third kappa shape index (κ3) is 3.80. The minimum Gasteiger partial charge on any atom is -0.386 e. The molecule has 20 heavy (non-hydrogen) atoms. The molecule has 1 heterocycles. The summed E-state index contributed by atoms with van der Waals surface area (Å²) < 4.78 is 0. The average molecular weight is 289 g/mol. The Kier molecular flexibility index (Phi) is 4.68. The van der Waals surface area contributed by atoms with Crippen LogP contribution in [0.1, 0.15) is 10.5 Å². The Bertz CT molecular complexity index is 628. The van der Waals surface area contributed by atoms with Gasteiger partial charge in [-0.1, -0.05) is 12.1 Å². The van der Waals surface area contributed by atoms with Crippen LogP contribution in [0.25, 0.3) is 0 Å². The fraction of sp³-hybridized carbons (Fsp3) is 0.0714. The van der Waals surface area contributed by atoms with Crippen LogP contribution in [0.4, 0.5) is 11.4 Å². The molecule has 102 valence electrons. The molecular weight excluding hydrogens is 276 g/mol. The number of aliphatic imine (C=N–C) groups is 1.